The van der Waals surface area contributed by atoms with E-state index in [0.29, 0.717) is 25.3 Å². The summed E-state index contributed by atoms with van der Waals surface area (Å²) in [5.41, 5.74) is 2.87. The third-order valence-electron chi connectivity index (χ3n) is 6.23. The van der Waals surface area contributed by atoms with Crippen LogP contribution < -0.4 is 0 Å². The van der Waals surface area contributed by atoms with E-state index in [2.05, 4.69) is 15.6 Å². The van der Waals surface area contributed by atoms with Crippen LogP contribution in [0, 0.1) is 5.82 Å². The third kappa shape index (κ3) is 4.32. The standard InChI is InChI=1S/C24H26FN3O3/c25-18-5-3-15(4-6-18)22-23(16-7-10-26-11-8-16)28(24(27-22)17-1-2-17)12-9-20-13-19(29)14-21(30)31-20/h3-7,10-11,16-17,19-20,29H,1-2,8-9,12-14H2/t16?,19-,20-/m1/s1. The number of ether oxygens (including phenoxy) is 1. The van der Waals surface area contributed by atoms with Crippen LogP contribution in [0.4, 0.5) is 4.39 Å². The second-order valence-corrected chi connectivity index (χ2v) is 8.65. The van der Waals surface area contributed by atoms with Crippen molar-refractivity contribution in [2.24, 2.45) is 4.99 Å². The number of aliphatic hydroxyl groups is 1. The Balaban J connectivity index is 1.52. The number of cyclic esters (lactones) is 1. The number of halogens is 1. The number of hydrogen-bond acceptors (Lipinski definition) is 5. The molecular weight excluding hydrogens is 397 g/mol. The molecule has 0 spiro atoms. The normalized spacial score (nSPS) is 25.6. The van der Waals surface area contributed by atoms with Gasteiger partial charge in [0.1, 0.15) is 17.7 Å². The van der Waals surface area contributed by atoms with Gasteiger partial charge in [-0.2, -0.15) is 0 Å². The highest BCUT2D eigenvalue weighted by atomic mass is 19.1. The summed E-state index contributed by atoms with van der Waals surface area (Å²) in [5.74, 6) is 0.989. The fraction of sp³-hybridized carbons (Fsp3) is 0.458. The van der Waals surface area contributed by atoms with Gasteiger partial charge in [-0.05, 0) is 43.5 Å². The van der Waals surface area contributed by atoms with Crippen LogP contribution >= 0.6 is 0 Å². The summed E-state index contributed by atoms with van der Waals surface area (Å²) in [7, 11) is 0. The van der Waals surface area contributed by atoms with Gasteiger partial charge >= 0.3 is 5.97 Å². The number of carbonyl (C=O) groups is 1. The van der Waals surface area contributed by atoms with E-state index in [1.807, 2.05) is 12.4 Å². The van der Waals surface area contributed by atoms with Crippen molar-refractivity contribution < 1.29 is 19.0 Å². The number of carbonyl (C=O) groups excluding carboxylic acids is 1. The third-order valence-corrected chi connectivity index (χ3v) is 6.23. The molecule has 1 saturated carbocycles. The van der Waals surface area contributed by atoms with Gasteiger partial charge < -0.3 is 14.4 Å². The van der Waals surface area contributed by atoms with Crippen LogP contribution in [-0.4, -0.2) is 39.0 Å². The minimum absolute atomic E-state index is 0.0705. The molecule has 0 amide bonds. The van der Waals surface area contributed by atoms with E-state index in [9.17, 15) is 14.3 Å². The number of allylic oxidation sites excluding steroid dienone is 1. The largest absolute Gasteiger partial charge is 0.462 e. The van der Waals surface area contributed by atoms with Gasteiger partial charge in [-0.15, -0.1) is 0 Å². The molecule has 6 nitrogen and oxygen atoms in total. The van der Waals surface area contributed by atoms with Crippen LogP contribution in [0.1, 0.15) is 61.9 Å². The highest BCUT2D eigenvalue weighted by molar-refractivity contribution is 5.71. The smallest absolute Gasteiger partial charge is 0.308 e. The Labute approximate surface area is 180 Å². The maximum atomic E-state index is 13.6. The fourth-order valence-corrected chi connectivity index (χ4v) is 4.55. The lowest BCUT2D eigenvalue weighted by atomic mass is 9.95. The molecule has 1 N–H and O–H groups in total. The highest BCUT2D eigenvalue weighted by Crippen LogP contribution is 2.44. The van der Waals surface area contributed by atoms with E-state index < -0.39 is 6.10 Å². The Hall–Kier alpha value is -2.80. The Morgan fingerprint density at radius 2 is 2.03 bits per heavy atom. The summed E-state index contributed by atoms with van der Waals surface area (Å²) in [6, 6.07) is 6.50. The number of aliphatic imine (C=N–C) groups is 1. The van der Waals surface area contributed by atoms with E-state index >= 15 is 0 Å². The molecule has 3 atom stereocenters. The van der Waals surface area contributed by atoms with Crippen molar-refractivity contribution >= 4 is 12.2 Å². The van der Waals surface area contributed by atoms with E-state index in [0.717, 1.165) is 42.0 Å². The molecule has 1 aromatic carbocycles. The van der Waals surface area contributed by atoms with Gasteiger partial charge in [0, 0.05) is 49.2 Å². The molecule has 1 unspecified atom stereocenters. The van der Waals surface area contributed by atoms with Gasteiger partial charge in [0.25, 0.3) is 0 Å². The number of aliphatic hydroxyl groups excluding tert-OH is 1. The quantitative estimate of drug-likeness (QED) is 0.710. The summed E-state index contributed by atoms with van der Waals surface area (Å²) < 4.78 is 21.3. The second-order valence-electron chi connectivity index (χ2n) is 8.65. The molecule has 7 heteroatoms. The Bertz CT molecular complexity index is 1020. The number of rotatable bonds is 6. The van der Waals surface area contributed by atoms with Crippen LogP contribution in [-0.2, 0) is 16.1 Å². The molecule has 1 saturated heterocycles. The molecule has 1 aliphatic carbocycles. The van der Waals surface area contributed by atoms with Crippen molar-refractivity contribution in [2.75, 3.05) is 0 Å². The maximum absolute atomic E-state index is 13.6. The average molecular weight is 423 g/mol. The van der Waals surface area contributed by atoms with Gasteiger partial charge in [-0.1, -0.05) is 6.08 Å². The molecule has 162 valence electrons. The van der Waals surface area contributed by atoms with Crippen molar-refractivity contribution in [3.05, 3.63) is 53.9 Å². The second kappa shape index (κ2) is 8.38. The number of imidazole rings is 1. The van der Waals surface area contributed by atoms with E-state index in [4.69, 9.17) is 9.72 Å². The van der Waals surface area contributed by atoms with Crippen molar-refractivity contribution in [2.45, 2.75) is 69.1 Å². The van der Waals surface area contributed by atoms with Gasteiger partial charge in [-0.25, -0.2) is 9.37 Å². The first-order valence-corrected chi connectivity index (χ1v) is 11.0. The van der Waals surface area contributed by atoms with Gasteiger partial charge in [0.2, 0.25) is 0 Å². The van der Waals surface area contributed by atoms with E-state index in [1.165, 1.54) is 12.1 Å². The summed E-state index contributed by atoms with van der Waals surface area (Å²) in [6.07, 6.45) is 9.04. The number of esters is 1. The zero-order chi connectivity index (χ0) is 21.4. The molecule has 1 aromatic heterocycles. The van der Waals surface area contributed by atoms with Gasteiger partial charge in [0.05, 0.1) is 23.9 Å². The molecule has 2 aromatic rings. The first-order chi connectivity index (χ1) is 15.1. The molecule has 2 fully saturated rings. The predicted molar refractivity (Wildman–Crippen MR) is 114 cm³/mol. The Morgan fingerprint density at radius 3 is 2.71 bits per heavy atom. The fourth-order valence-electron chi connectivity index (χ4n) is 4.55. The lowest BCUT2D eigenvalue weighted by Crippen LogP contribution is -2.33. The molecule has 0 radical (unpaired) electrons. The lowest BCUT2D eigenvalue weighted by Gasteiger charge is -2.27. The van der Waals surface area contributed by atoms with Crippen LogP contribution in [0.2, 0.25) is 0 Å². The van der Waals surface area contributed by atoms with Crippen LogP contribution in [0.3, 0.4) is 0 Å². The Morgan fingerprint density at radius 1 is 1.23 bits per heavy atom. The minimum Gasteiger partial charge on any atom is -0.462 e. The van der Waals surface area contributed by atoms with Gasteiger partial charge in [-0.3, -0.25) is 9.79 Å². The molecule has 2 aliphatic heterocycles. The topological polar surface area (TPSA) is 76.7 Å². The van der Waals surface area contributed by atoms with Crippen molar-refractivity contribution in [1.29, 1.82) is 0 Å². The molecule has 5 rings (SSSR count). The van der Waals surface area contributed by atoms with Crippen molar-refractivity contribution in [3.63, 3.8) is 0 Å². The monoisotopic (exact) mass is 423 g/mol. The zero-order valence-electron chi connectivity index (χ0n) is 17.3. The lowest BCUT2D eigenvalue weighted by molar-refractivity contribution is -0.160. The zero-order valence-corrected chi connectivity index (χ0v) is 17.3. The summed E-state index contributed by atoms with van der Waals surface area (Å²) in [5, 5.41) is 9.96. The average Bonchev–Trinajstić information content (AvgIpc) is 3.53. The van der Waals surface area contributed by atoms with E-state index in [-0.39, 0.29) is 30.2 Å². The molecule has 0 bridgehead atoms. The van der Waals surface area contributed by atoms with Gasteiger partial charge in [0.15, 0.2) is 0 Å². The molecule has 31 heavy (non-hydrogen) atoms. The number of hydrogen-bond donors (Lipinski definition) is 1. The van der Waals surface area contributed by atoms with Crippen LogP contribution in [0.15, 0.2) is 41.5 Å². The highest BCUT2D eigenvalue weighted by Gasteiger charge is 2.34. The van der Waals surface area contributed by atoms with Crippen LogP contribution in [0.5, 0.6) is 0 Å². The number of nitrogens with zero attached hydrogens (tertiary/aromatic N) is 3. The number of benzene rings is 1. The molecule has 3 aliphatic rings. The minimum atomic E-state index is -0.635. The van der Waals surface area contributed by atoms with Crippen LogP contribution in [0.25, 0.3) is 11.3 Å². The SMILES string of the molecule is O=C1C[C@H](O)C[C@@H](CCn2c(C3CC3)nc(-c3ccc(F)cc3)c2C2C=CN=CC2)O1. The number of aromatic nitrogens is 2. The molecular formula is C24H26FN3O3. The van der Waals surface area contributed by atoms with Crippen molar-refractivity contribution in [1.82, 2.24) is 9.55 Å². The summed E-state index contributed by atoms with van der Waals surface area (Å²) in [6.45, 7) is 0.654. The maximum Gasteiger partial charge on any atom is 0.308 e. The predicted octanol–water partition coefficient (Wildman–Crippen LogP) is 4.10. The summed E-state index contributed by atoms with van der Waals surface area (Å²) >= 11 is 0. The van der Waals surface area contributed by atoms with Crippen molar-refractivity contribution in [3.8, 4) is 11.3 Å². The first-order valence-electron chi connectivity index (χ1n) is 11.0. The Kier molecular flexibility index (Phi) is 5.44. The summed E-state index contributed by atoms with van der Waals surface area (Å²) in [4.78, 5) is 21.0. The molecule has 3 heterocycles. The van der Waals surface area contributed by atoms with E-state index in [1.54, 1.807) is 12.1 Å². The first kappa shape index (κ1) is 20.1.